The van der Waals surface area contributed by atoms with Crippen molar-refractivity contribution in [1.29, 1.82) is 0 Å². The lowest BCUT2D eigenvalue weighted by Gasteiger charge is -2.17. The largest absolute Gasteiger partial charge is 0.378 e. The molecule has 0 spiro atoms. The first kappa shape index (κ1) is 18.2. The van der Waals surface area contributed by atoms with Gasteiger partial charge in [0.15, 0.2) is 0 Å². The predicted octanol–water partition coefficient (Wildman–Crippen LogP) is 3.93. The molecule has 1 heterocycles. The van der Waals surface area contributed by atoms with Crippen molar-refractivity contribution in [2.24, 2.45) is 0 Å². The smallest absolute Gasteiger partial charge is 0.274 e. The fourth-order valence-electron chi connectivity index (χ4n) is 3.23. The predicted molar refractivity (Wildman–Crippen MR) is 106 cm³/mol. The number of nitrogens with zero attached hydrogens (tertiary/aromatic N) is 3. The van der Waals surface area contributed by atoms with Gasteiger partial charge in [-0.2, -0.15) is 0 Å². The van der Waals surface area contributed by atoms with Crippen molar-refractivity contribution in [3.8, 4) is 0 Å². The molecule has 1 saturated carbocycles. The van der Waals surface area contributed by atoms with E-state index >= 15 is 0 Å². The molecule has 1 aliphatic rings. The van der Waals surface area contributed by atoms with Gasteiger partial charge in [0.05, 0.1) is 0 Å². The number of amides is 1. The highest BCUT2D eigenvalue weighted by molar-refractivity contribution is 6.03. The maximum Gasteiger partial charge on any atom is 0.274 e. The minimum atomic E-state index is -0.228. The molecule has 3 rings (SSSR count). The number of rotatable bonds is 5. The molecule has 0 bridgehead atoms. The second-order valence-corrected chi connectivity index (χ2v) is 7.02. The Labute approximate surface area is 155 Å². The Bertz CT molecular complexity index is 721. The van der Waals surface area contributed by atoms with Gasteiger partial charge < -0.3 is 15.5 Å². The average Bonchev–Trinajstić information content (AvgIpc) is 2.91. The Hall–Kier alpha value is -2.63. The molecule has 0 atom stereocenters. The van der Waals surface area contributed by atoms with E-state index in [2.05, 4.69) is 20.6 Å². The summed E-state index contributed by atoms with van der Waals surface area (Å²) in [5.41, 5.74) is 2.20. The number of carbonyl (C=O) groups is 1. The molecule has 0 unspecified atom stereocenters. The second-order valence-electron chi connectivity index (χ2n) is 7.02. The summed E-state index contributed by atoms with van der Waals surface area (Å²) in [4.78, 5) is 22.9. The van der Waals surface area contributed by atoms with Crippen LogP contribution >= 0.6 is 0 Å². The van der Waals surface area contributed by atoms with Crippen molar-refractivity contribution in [3.63, 3.8) is 0 Å². The summed E-state index contributed by atoms with van der Waals surface area (Å²) in [5.74, 6) is 0.494. The van der Waals surface area contributed by atoms with E-state index in [0.717, 1.165) is 30.0 Å². The van der Waals surface area contributed by atoms with E-state index in [0.29, 0.717) is 11.7 Å². The van der Waals surface area contributed by atoms with Gasteiger partial charge in [0.1, 0.15) is 17.8 Å². The average molecular weight is 353 g/mol. The first-order valence-electron chi connectivity index (χ1n) is 9.29. The van der Waals surface area contributed by atoms with E-state index < -0.39 is 0 Å². The van der Waals surface area contributed by atoms with Crippen LogP contribution in [0.1, 0.15) is 49.0 Å². The Kier molecular flexibility index (Phi) is 6.04. The normalized spacial score (nSPS) is 15.2. The SMILES string of the molecule is CN(C)c1ccc(NC(=O)c2cc(NC3CCCCCC3)ncn2)cc1. The number of nitrogens with one attached hydrogen (secondary N) is 2. The number of carbonyl (C=O) groups excluding carboxylic acids is 1. The molecular formula is C20H27N5O. The molecule has 0 aliphatic heterocycles. The van der Waals surface area contributed by atoms with Gasteiger partial charge in [-0.3, -0.25) is 4.79 Å². The lowest BCUT2D eigenvalue weighted by molar-refractivity contribution is 0.102. The van der Waals surface area contributed by atoms with E-state index in [4.69, 9.17) is 0 Å². The second kappa shape index (κ2) is 8.65. The lowest BCUT2D eigenvalue weighted by Crippen LogP contribution is -2.20. The monoisotopic (exact) mass is 353 g/mol. The summed E-state index contributed by atoms with van der Waals surface area (Å²) < 4.78 is 0. The van der Waals surface area contributed by atoms with Gasteiger partial charge in [0.2, 0.25) is 0 Å². The summed E-state index contributed by atoms with van der Waals surface area (Å²) in [5, 5.41) is 6.35. The zero-order valence-electron chi connectivity index (χ0n) is 15.5. The van der Waals surface area contributed by atoms with Gasteiger partial charge >= 0.3 is 0 Å². The van der Waals surface area contributed by atoms with Crippen LogP contribution in [-0.4, -0.2) is 36.0 Å². The zero-order valence-corrected chi connectivity index (χ0v) is 15.5. The van der Waals surface area contributed by atoms with Crippen LogP contribution in [0.3, 0.4) is 0 Å². The van der Waals surface area contributed by atoms with Gasteiger partial charge in [-0.25, -0.2) is 9.97 Å². The van der Waals surface area contributed by atoms with Crippen molar-refractivity contribution in [2.45, 2.75) is 44.6 Å². The van der Waals surface area contributed by atoms with Crippen LogP contribution < -0.4 is 15.5 Å². The van der Waals surface area contributed by atoms with Crippen LogP contribution in [0.15, 0.2) is 36.7 Å². The summed E-state index contributed by atoms with van der Waals surface area (Å²) >= 11 is 0. The van der Waals surface area contributed by atoms with Crippen LogP contribution in [0.4, 0.5) is 17.2 Å². The number of aromatic nitrogens is 2. The molecule has 1 aromatic carbocycles. The minimum absolute atomic E-state index is 0.228. The Morgan fingerprint density at radius 1 is 1.04 bits per heavy atom. The van der Waals surface area contributed by atoms with Gasteiger partial charge in [0, 0.05) is 37.6 Å². The minimum Gasteiger partial charge on any atom is -0.378 e. The first-order chi connectivity index (χ1) is 12.6. The van der Waals surface area contributed by atoms with E-state index in [9.17, 15) is 4.79 Å². The molecule has 0 saturated heterocycles. The molecule has 1 aromatic heterocycles. The van der Waals surface area contributed by atoms with E-state index in [1.165, 1.54) is 32.0 Å². The molecule has 1 fully saturated rings. The molecule has 1 aliphatic carbocycles. The molecule has 0 radical (unpaired) electrons. The van der Waals surface area contributed by atoms with Crippen LogP contribution in [0.25, 0.3) is 0 Å². The van der Waals surface area contributed by atoms with E-state index in [-0.39, 0.29) is 5.91 Å². The quantitative estimate of drug-likeness (QED) is 0.797. The number of anilines is 3. The topological polar surface area (TPSA) is 70.2 Å². The highest BCUT2D eigenvalue weighted by Gasteiger charge is 2.14. The van der Waals surface area contributed by atoms with Gasteiger partial charge in [-0.15, -0.1) is 0 Å². The number of hydrogen-bond donors (Lipinski definition) is 2. The molecule has 1 amide bonds. The standard InChI is InChI=1S/C20H27N5O/c1-25(2)17-11-9-16(10-12-17)24-20(26)18-13-19(22-14-21-18)23-15-7-5-3-4-6-8-15/h9-15H,3-8H2,1-2H3,(H,24,26)(H,21,22,23). The van der Waals surface area contributed by atoms with Crippen molar-refractivity contribution in [3.05, 3.63) is 42.4 Å². The summed E-state index contributed by atoms with van der Waals surface area (Å²) in [6.45, 7) is 0. The maximum absolute atomic E-state index is 12.5. The van der Waals surface area contributed by atoms with E-state index in [1.54, 1.807) is 6.07 Å². The van der Waals surface area contributed by atoms with Gasteiger partial charge in [0.25, 0.3) is 5.91 Å². The maximum atomic E-state index is 12.5. The van der Waals surface area contributed by atoms with Crippen molar-refractivity contribution < 1.29 is 4.79 Å². The Morgan fingerprint density at radius 3 is 2.38 bits per heavy atom. The van der Waals surface area contributed by atoms with Crippen LogP contribution in [0, 0.1) is 0 Å². The van der Waals surface area contributed by atoms with Gasteiger partial charge in [-0.1, -0.05) is 25.7 Å². The number of benzene rings is 1. The summed E-state index contributed by atoms with van der Waals surface area (Å²) in [7, 11) is 3.97. The van der Waals surface area contributed by atoms with Crippen LogP contribution in [0.2, 0.25) is 0 Å². The molecule has 2 N–H and O–H groups in total. The Balaban J connectivity index is 1.63. The summed E-state index contributed by atoms with van der Waals surface area (Å²) in [6, 6.07) is 9.87. The molecular weight excluding hydrogens is 326 g/mol. The fourth-order valence-corrected chi connectivity index (χ4v) is 3.23. The van der Waals surface area contributed by atoms with Crippen LogP contribution in [0.5, 0.6) is 0 Å². The molecule has 26 heavy (non-hydrogen) atoms. The summed E-state index contributed by atoms with van der Waals surface area (Å²) in [6.07, 6.45) is 8.87. The van der Waals surface area contributed by atoms with Crippen LogP contribution in [-0.2, 0) is 0 Å². The highest BCUT2D eigenvalue weighted by atomic mass is 16.1. The highest BCUT2D eigenvalue weighted by Crippen LogP contribution is 2.21. The van der Waals surface area contributed by atoms with Crippen molar-refractivity contribution in [2.75, 3.05) is 29.6 Å². The van der Waals surface area contributed by atoms with Gasteiger partial charge in [-0.05, 0) is 37.1 Å². The van der Waals surface area contributed by atoms with Crippen molar-refractivity contribution >= 4 is 23.1 Å². The Morgan fingerprint density at radius 2 is 1.73 bits per heavy atom. The molecule has 6 nitrogen and oxygen atoms in total. The first-order valence-corrected chi connectivity index (χ1v) is 9.29. The zero-order chi connectivity index (χ0) is 18.4. The van der Waals surface area contributed by atoms with Crippen molar-refractivity contribution in [1.82, 2.24) is 9.97 Å². The third-order valence-electron chi connectivity index (χ3n) is 4.75. The fraction of sp³-hybridized carbons (Fsp3) is 0.450. The molecule has 2 aromatic rings. The molecule has 6 heteroatoms. The van der Waals surface area contributed by atoms with E-state index in [1.807, 2.05) is 43.3 Å². The lowest BCUT2D eigenvalue weighted by atomic mass is 10.1. The number of hydrogen-bond acceptors (Lipinski definition) is 5. The third-order valence-corrected chi connectivity index (χ3v) is 4.75. The third kappa shape index (κ3) is 4.94. The molecule has 138 valence electrons.